The van der Waals surface area contributed by atoms with Gasteiger partial charge in [-0.3, -0.25) is 4.79 Å². The monoisotopic (exact) mass is 469 g/mol. The minimum Gasteiger partial charge on any atom is -0.496 e. The van der Waals surface area contributed by atoms with Gasteiger partial charge in [0.15, 0.2) is 11.5 Å². The Morgan fingerprint density at radius 2 is 1.77 bits per heavy atom. The van der Waals surface area contributed by atoms with Gasteiger partial charge < -0.3 is 19.5 Å². The molecule has 2 aromatic carbocycles. The van der Waals surface area contributed by atoms with Crippen LogP contribution in [-0.2, 0) is 6.54 Å². The van der Waals surface area contributed by atoms with E-state index in [0.717, 1.165) is 33.5 Å². The summed E-state index contributed by atoms with van der Waals surface area (Å²) < 4.78 is 17.2. The fraction of sp³-hybridized carbons (Fsp3) is 0.350. The van der Waals surface area contributed by atoms with Crippen LogP contribution in [0.15, 0.2) is 36.4 Å². The number of nitrogens with one attached hydrogen (secondary N) is 1. The standard InChI is InChI=1S/C20H24INO4/c1-4-5-10-26-18-8-6-14(11-19(18)25-3)13-22-20(23)15-7-9-17(24-2)16(21)12-15/h6-9,11-12H,4-5,10,13H2,1-3H3,(H,22,23). The molecule has 0 radical (unpaired) electrons. The molecule has 0 fully saturated rings. The number of halogens is 1. The summed E-state index contributed by atoms with van der Waals surface area (Å²) >= 11 is 2.15. The van der Waals surface area contributed by atoms with Crippen molar-refractivity contribution < 1.29 is 19.0 Å². The summed E-state index contributed by atoms with van der Waals surface area (Å²) in [7, 11) is 3.23. The normalized spacial score (nSPS) is 10.3. The maximum Gasteiger partial charge on any atom is 0.251 e. The van der Waals surface area contributed by atoms with Crippen molar-refractivity contribution in [1.82, 2.24) is 5.32 Å². The maximum absolute atomic E-state index is 12.4. The first-order valence-corrected chi connectivity index (χ1v) is 9.58. The predicted molar refractivity (Wildman–Crippen MR) is 110 cm³/mol. The third kappa shape index (κ3) is 5.52. The van der Waals surface area contributed by atoms with Crippen LogP contribution in [0.2, 0.25) is 0 Å². The molecular formula is C20H24INO4. The van der Waals surface area contributed by atoms with Crippen LogP contribution < -0.4 is 19.5 Å². The number of amides is 1. The minimum absolute atomic E-state index is 0.132. The number of hydrogen-bond donors (Lipinski definition) is 1. The van der Waals surface area contributed by atoms with Crippen LogP contribution in [-0.4, -0.2) is 26.7 Å². The Morgan fingerprint density at radius 1 is 1.04 bits per heavy atom. The lowest BCUT2D eigenvalue weighted by molar-refractivity contribution is 0.0950. The molecule has 2 rings (SSSR count). The molecule has 2 aromatic rings. The van der Waals surface area contributed by atoms with Crippen molar-refractivity contribution in [2.24, 2.45) is 0 Å². The molecule has 0 aliphatic heterocycles. The molecule has 6 heteroatoms. The largest absolute Gasteiger partial charge is 0.496 e. The molecular weight excluding hydrogens is 445 g/mol. The quantitative estimate of drug-likeness (QED) is 0.437. The van der Waals surface area contributed by atoms with Crippen LogP contribution in [0.3, 0.4) is 0 Å². The summed E-state index contributed by atoms with van der Waals surface area (Å²) in [4.78, 5) is 12.4. The van der Waals surface area contributed by atoms with Crippen molar-refractivity contribution in [2.45, 2.75) is 26.3 Å². The van der Waals surface area contributed by atoms with Gasteiger partial charge in [0.05, 0.1) is 24.4 Å². The van der Waals surface area contributed by atoms with E-state index in [4.69, 9.17) is 14.2 Å². The van der Waals surface area contributed by atoms with Crippen LogP contribution >= 0.6 is 22.6 Å². The van der Waals surface area contributed by atoms with E-state index in [2.05, 4.69) is 34.8 Å². The SMILES string of the molecule is CCCCOc1ccc(CNC(=O)c2ccc(OC)c(I)c2)cc1OC. The molecule has 0 spiro atoms. The van der Waals surface area contributed by atoms with Crippen LogP contribution in [0.25, 0.3) is 0 Å². The number of ether oxygens (including phenoxy) is 3. The van der Waals surface area contributed by atoms with E-state index in [1.165, 1.54) is 0 Å². The maximum atomic E-state index is 12.4. The first-order valence-electron chi connectivity index (χ1n) is 8.50. The summed E-state index contributed by atoms with van der Waals surface area (Å²) in [5.41, 5.74) is 1.54. The average molecular weight is 469 g/mol. The van der Waals surface area contributed by atoms with Gasteiger partial charge in [0.2, 0.25) is 0 Å². The molecule has 0 saturated carbocycles. The van der Waals surface area contributed by atoms with Gasteiger partial charge in [-0.15, -0.1) is 0 Å². The Hall–Kier alpha value is -1.96. The fourth-order valence-corrected chi connectivity index (χ4v) is 3.10. The van der Waals surface area contributed by atoms with Gasteiger partial charge in [0.25, 0.3) is 5.91 Å². The summed E-state index contributed by atoms with van der Waals surface area (Å²) in [5.74, 6) is 2.02. The van der Waals surface area contributed by atoms with E-state index in [1.54, 1.807) is 32.4 Å². The smallest absolute Gasteiger partial charge is 0.251 e. The average Bonchev–Trinajstić information content (AvgIpc) is 2.66. The molecule has 1 amide bonds. The highest BCUT2D eigenvalue weighted by atomic mass is 127. The molecule has 0 atom stereocenters. The molecule has 0 saturated heterocycles. The lowest BCUT2D eigenvalue weighted by atomic mass is 10.1. The molecule has 0 heterocycles. The summed E-state index contributed by atoms with van der Waals surface area (Å²) in [6.45, 7) is 3.20. The zero-order chi connectivity index (χ0) is 18.9. The van der Waals surface area contributed by atoms with Crippen molar-refractivity contribution in [3.8, 4) is 17.2 Å². The van der Waals surface area contributed by atoms with E-state index in [9.17, 15) is 4.79 Å². The van der Waals surface area contributed by atoms with Gasteiger partial charge in [0.1, 0.15) is 5.75 Å². The molecule has 0 unspecified atom stereocenters. The first kappa shape index (κ1) is 20.4. The van der Waals surface area contributed by atoms with Crippen molar-refractivity contribution in [2.75, 3.05) is 20.8 Å². The second-order valence-corrected chi connectivity index (χ2v) is 6.88. The molecule has 0 aromatic heterocycles. The van der Waals surface area contributed by atoms with Crippen LogP contribution in [0.1, 0.15) is 35.7 Å². The second-order valence-electron chi connectivity index (χ2n) is 5.72. The molecule has 0 bridgehead atoms. The number of methoxy groups -OCH3 is 2. The molecule has 0 aliphatic carbocycles. The number of hydrogen-bond acceptors (Lipinski definition) is 4. The molecule has 0 aliphatic rings. The minimum atomic E-state index is -0.132. The third-order valence-electron chi connectivity index (χ3n) is 3.85. The first-order chi connectivity index (χ1) is 12.6. The zero-order valence-corrected chi connectivity index (χ0v) is 17.5. The van der Waals surface area contributed by atoms with Gasteiger partial charge in [-0.2, -0.15) is 0 Å². The number of carbonyl (C=O) groups is 1. The number of unbranched alkanes of at least 4 members (excludes halogenated alkanes) is 1. The van der Waals surface area contributed by atoms with E-state index < -0.39 is 0 Å². The highest BCUT2D eigenvalue weighted by molar-refractivity contribution is 14.1. The van der Waals surface area contributed by atoms with Crippen molar-refractivity contribution in [3.05, 3.63) is 51.1 Å². The highest BCUT2D eigenvalue weighted by Crippen LogP contribution is 2.28. The fourth-order valence-electron chi connectivity index (χ4n) is 2.36. The summed E-state index contributed by atoms with van der Waals surface area (Å²) in [6.07, 6.45) is 2.08. The van der Waals surface area contributed by atoms with Gasteiger partial charge in [-0.25, -0.2) is 0 Å². The van der Waals surface area contributed by atoms with Crippen LogP contribution in [0.4, 0.5) is 0 Å². The molecule has 26 heavy (non-hydrogen) atoms. The van der Waals surface area contributed by atoms with E-state index >= 15 is 0 Å². The van der Waals surface area contributed by atoms with Crippen molar-refractivity contribution in [3.63, 3.8) is 0 Å². The van der Waals surface area contributed by atoms with Crippen LogP contribution in [0, 0.1) is 3.57 Å². The summed E-state index contributed by atoms with van der Waals surface area (Å²) in [5, 5.41) is 2.92. The Bertz CT molecular complexity index is 749. The number of carbonyl (C=O) groups excluding carboxylic acids is 1. The van der Waals surface area contributed by atoms with Crippen molar-refractivity contribution in [1.29, 1.82) is 0 Å². The second kappa shape index (κ2) is 10.3. The van der Waals surface area contributed by atoms with Crippen LogP contribution in [0.5, 0.6) is 17.2 Å². The lowest BCUT2D eigenvalue weighted by Crippen LogP contribution is -2.22. The Morgan fingerprint density at radius 3 is 2.42 bits per heavy atom. The Balaban J connectivity index is 2.00. The lowest BCUT2D eigenvalue weighted by Gasteiger charge is -2.13. The number of benzene rings is 2. The van der Waals surface area contributed by atoms with Gasteiger partial charge in [-0.05, 0) is 64.9 Å². The van der Waals surface area contributed by atoms with Gasteiger partial charge in [-0.1, -0.05) is 19.4 Å². The Labute approximate surface area is 168 Å². The van der Waals surface area contributed by atoms with Gasteiger partial charge in [0, 0.05) is 12.1 Å². The Kier molecular flexibility index (Phi) is 8.03. The molecule has 1 N–H and O–H groups in total. The van der Waals surface area contributed by atoms with Crippen molar-refractivity contribution >= 4 is 28.5 Å². The van der Waals surface area contributed by atoms with Gasteiger partial charge >= 0.3 is 0 Å². The van der Waals surface area contributed by atoms with E-state index in [1.807, 2.05) is 18.2 Å². The highest BCUT2D eigenvalue weighted by Gasteiger charge is 2.10. The molecule has 140 valence electrons. The van der Waals surface area contributed by atoms with E-state index in [-0.39, 0.29) is 5.91 Å². The molecule has 5 nitrogen and oxygen atoms in total. The van der Waals surface area contributed by atoms with E-state index in [0.29, 0.717) is 24.5 Å². The number of rotatable bonds is 9. The third-order valence-corrected chi connectivity index (χ3v) is 4.69. The topological polar surface area (TPSA) is 56.8 Å². The predicted octanol–water partition coefficient (Wildman–Crippen LogP) is 4.42. The zero-order valence-electron chi connectivity index (χ0n) is 15.3. The summed E-state index contributed by atoms with van der Waals surface area (Å²) in [6, 6.07) is 11.1.